The van der Waals surface area contributed by atoms with Gasteiger partial charge >= 0.3 is 5.97 Å². The number of methoxy groups -OCH3 is 2. The minimum Gasteiger partial charge on any atom is -0.496 e. The summed E-state index contributed by atoms with van der Waals surface area (Å²) in [4.78, 5) is 23.8. The Labute approximate surface area is 156 Å². The van der Waals surface area contributed by atoms with E-state index in [1.807, 2.05) is 18.2 Å². The van der Waals surface area contributed by atoms with Crippen molar-refractivity contribution >= 4 is 41.0 Å². The lowest BCUT2D eigenvalue weighted by Gasteiger charge is -2.11. The number of rotatable bonds is 5. The zero-order valence-electron chi connectivity index (χ0n) is 14.3. The van der Waals surface area contributed by atoms with E-state index in [1.165, 1.54) is 13.2 Å². The van der Waals surface area contributed by atoms with Gasteiger partial charge in [-0.15, -0.1) is 0 Å². The molecule has 0 bridgehead atoms. The molecule has 0 fully saturated rings. The number of nitrogens with one attached hydrogen (secondary N) is 2. The van der Waals surface area contributed by atoms with Gasteiger partial charge in [-0.2, -0.15) is 0 Å². The fraction of sp³-hybridized carbons (Fsp3) is 0.105. The monoisotopic (exact) mass is 370 g/mol. The molecule has 2 rings (SSSR count). The van der Waals surface area contributed by atoms with E-state index in [9.17, 15) is 9.59 Å². The van der Waals surface area contributed by atoms with Crippen molar-refractivity contribution in [2.75, 3.05) is 19.5 Å². The summed E-state index contributed by atoms with van der Waals surface area (Å²) in [6, 6.07) is 14.0. The van der Waals surface area contributed by atoms with Gasteiger partial charge in [-0.05, 0) is 36.5 Å². The van der Waals surface area contributed by atoms with Gasteiger partial charge in [0.1, 0.15) is 5.75 Å². The summed E-state index contributed by atoms with van der Waals surface area (Å²) in [5, 5.41) is 5.41. The van der Waals surface area contributed by atoms with Crippen molar-refractivity contribution in [1.29, 1.82) is 0 Å². The maximum Gasteiger partial charge on any atom is 0.339 e. The van der Waals surface area contributed by atoms with Crippen LogP contribution in [0.15, 0.2) is 54.6 Å². The molecule has 7 heteroatoms. The Morgan fingerprint density at radius 3 is 2.46 bits per heavy atom. The molecule has 0 heterocycles. The summed E-state index contributed by atoms with van der Waals surface area (Å²) in [5.41, 5.74) is 1.52. The van der Waals surface area contributed by atoms with Crippen LogP contribution in [0.4, 0.5) is 5.69 Å². The van der Waals surface area contributed by atoms with Crippen LogP contribution in [0.5, 0.6) is 5.75 Å². The lowest BCUT2D eigenvalue weighted by Crippen LogP contribution is -2.33. The third-order valence-electron chi connectivity index (χ3n) is 3.37. The zero-order chi connectivity index (χ0) is 18.9. The number of thiocarbonyl (C=S) groups is 1. The van der Waals surface area contributed by atoms with Gasteiger partial charge in [-0.3, -0.25) is 10.1 Å². The molecule has 134 valence electrons. The second-order valence-corrected chi connectivity index (χ2v) is 5.46. The summed E-state index contributed by atoms with van der Waals surface area (Å²) in [5.74, 6) is -0.258. The van der Waals surface area contributed by atoms with Crippen LogP contribution in [0.2, 0.25) is 0 Å². The van der Waals surface area contributed by atoms with E-state index in [4.69, 9.17) is 21.7 Å². The van der Waals surface area contributed by atoms with Gasteiger partial charge in [0.15, 0.2) is 5.11 Å². The van der Waals surface area contributed by atoms with Gasteiger partial charge in [-0.25, -0.2) is 4.79 Å². The molecule has 0 unspecified atom stereocenters. The molecule has 0 radical (unpaired) electrons. The molecule has 0 aliphatic heterocycles. The molecule has 0 aliphatic rings. The summed E-state index contributed by atoms with van der Waals surface area (Å²) in [6.07, 6.45) is 2.97. The predicted octanol–water partition coefficient (Wildman–Crippen LogP) is 3.01. The Morgan fingerprint density at radius 2 is 1.73 bits per heavy atom. The van der Waals surface area contributed by atoms with Gasteiger partial charge in [-0.1, -0.05) is 30.3 Å². The molecule has 0 aromatic heterocycles. The molecule has 1 amide bonds. The van der Waals surface area contributed by atoms with Crippen LogP contribution in [0.3, 0.4) is 0 Å². The maximum absolute atomic E-state index is 12.0. The van der Waals surface area contributed by atoms with Crippen molar-refractivity contribution in [2.24, 2.45) is 0 Å². The highest BCUT2D eigenvalue weighted by Gasteiger charge is 2.12. The lowest BCUT2D eigenvalue weighted by atomic mass is 10.2. The topological polar surface area (TPSA) is 76.7 Å². The smallest absolute Gasteiger partial charge is 0.339 e. The van der Waals surface area contributed by atoms with Crippen molar-refractivity contribution in [3.8, 4) is 5.75 Å². The Morgan fingerprint density at radius 1 is 1.04 bits per heavy atom. The van der Waals surface area contributed by atoms with Gasteiger partial charge in [0.2, 0.25) is 5.91 Å². The predicted molar refractivity (Wildman–Crippen MR) is 104 cm³/mol. The number of esters is 1. The number of anilines is 1. The van der Waals surface area contributed by atoms with E-state index < -0.39 is 11.9 Å². The van der Waals surface area contributed by atoms with Gasteiger partial charge in [0, 0.05) is 11.6 Å². The standard InChI is InChI=1S/C19H18N2O4S/c1-24-16-10-6-3-7-13(16)11-12-17(22)21-19(26)20-15-9-5-4-8-14(15)18(23)25-2/h3-12H,1-2H3,(H2,20,21,22,26)/b12-11-. The number of carbonyl (C=O) groups is 2. The number of hydrogen-bond acceptors (Lipinski definition) is 5. The fourth-order valence-corrected chi connectivity index (χ4v) is 2.37. The number of hydrogen-bond donors (Lipinski definition) is 2. The van der Waals surface area contributed by atoms with E-state index in [0.29, 0.717) is 17.0 Å². The second-order valence-electron chi connectivity index (χ2n) is 5.06. The van der Waals surface area contributed by atoms with E-state index in [-0.39, 0.29) is 5.11 Å². The highest BCUT2D eigenvalue weighted by Crippen LogP contribution is 2.18. The quantitative estimate of drug-likeness (QED) is 0.479. The Hall–Kier alpha value is -3.19. The minimum absolute atomic E-state index is 0.0658. The van der Waals surface area contributed by atoms with Gasteiger partial charge in [0.05, 0.1) is 25.5 Å². The highest BCUT2D eigenvalue weighted by molar-refractivity contribution is 7.80. The van der Waals surface area contributed by atoms with Crippen molar-refractivity contribution in [2.45, 2.75) is 0 Å². The average Bonchev–Trinajstić information content (AvgIpc) is 2.66. The van der Waals surface area contributed by atoms with Crippen molar-refractivity contribution in [3.05, 3.63) is 65.7 Å². The zero-order valence-corrected chi connectivity index (χ0v) is 15.1. The number of para-hydroxylation sites is 2. The fourth-order valence-electron chi connectivity index (χ4n) is 2.16. The molecular weight excluding hydrogens is 352 g/mol. The first-order valence-corrected chi connectivity index (χ1v) is 8.06. The van der Waals surface area contributed by atoms with Crippen LogP contribution in [-0.2, 0) is 9.53 Å². The van der Waals surface area contributed by atoms with Crippen molar-refractivity contribution in [3.63, 3.8) is 0 Å². The molecule has 6 nitrogen and oxygen atoms in total. The first-order valence-electron chi connectivity index (χ1n) is 7.65. The van der Waals surface area contributed by atoms with Crippen LogP contribution < -0.4 is 15.4 Å². The Balaban J connectivity index is 2.01. The molecule has 0 atom stereocenters. The highest BCUT2D eigenvalue weighted by atomic mass is 32.1. The summed E-state index contributed by atoms with van der Waals surface area (Å²) >= 11 is 5.12. The van der Waals surface area contributed by atoms with Crippen LogP contribution in [0, 0.1) is 0 Å². The SMILES string of the molecule is COC(=O)c1ccccc1NC(=S)NC(=O)/C=C\c1ccccc1OC. The average molecular weight is 370 g/mol. The normalized spacial score (nSPS) is 10.2. The van der Waals surface area contributed by atoms with Crippen molar-refractivity contribution in [1.82, 2.24) is 5.32 Å². The number of benzene rings is 2. The number of carbonyl (C=O) groups excluding carboxylic acids is 2. The molecule has 0 saturated carbocycles. The molecule has 0 saturated heterocycles. The van der Waals surface area contributed by atoms with Crippen molar-refractivity contribution < 1.29 is 19.1 Å². The van der Waals surface area contributed by atoms with E-state index in [2.05, 4.69) is 10.6 Å². The third kappa shape index (κ3) is 5.15. The van der Waals surface area contributed by atoms with Crippen LogP contribution >= 0.6 is 12.2 Å². The maximum atomic E-state index is 12.0. The molecule has 2 N–H and O–H groups in total. The van der Waals surface area contributed by atoms with E-state index in [1.54, 1.807) is 43.5 Å². The molecule has 2 aromatic rings. The van der Waals surface area contributed by atoms with Crippen LogP contribution in [0.1, 0.15) is 15.9 Å². The molecule has 26 heavy (non-hydrogen) atoms. The number of ether oxygens (including phenoxy) is 2. The minimum atomic E-state index is -0.502. The summed E-state index contributed by atoms with van der Waals surface area (Å²) in [6.45, 7) is 0. The Kier molecular flexibility index (Phi) is 6.87. The van der Waals surface area contributed by atoms with E-state index in [0.717, 1.165) is 5.56 Å². The Bertz CT molecular complexity index is 849. The second kappa shape index (κ2) is 9.33. The van der Waals surface area contributed by atoms with Crippen LogP contribution in [-0.4, -0.2) is 31.2 Å². The molecule has 2 aromatic carbocycles. The first kappa shape index (κ1) is 19.1. The van der Waals surface area contributed by atoms with E-state index >= 15 is 0 Å². The molecule has 0 aliphatic carbocycles. The van der Waals surface area contributed by atoms with Crippen LogP contribution in [0.25, 0.3) is 6.08 Å². The number of amides is 1. The summed E-state index contributed by atoms with van der Waals surface area (Å²) in [7, 11) is 2.85. The van der Waals surface area contributed by atoms with Gasteiger partial charge < -0.3 is 14.8 Å². The molecule has 0 spiro atoms. The lowest BCUT2D eigenvalue weighted by molar-refractivity contribution is -0.115. The van der Waals surface area contributed by atoms with Gasteiger partial charge in [0.25, 0.3) is 0 Å². The summed E-state index contributed by atoms with van der Waals surface area (Å²) < 4.78 is 9.94. The molecular formula is C19H18N2O4S. The third-order valence-corrected chi connectivity index (χ3v) is 3.57. The largest absolute Gasteiger partial charge is 0.496 e. The first-order chi connectivity index (χ1) is 12.5.